The Bertz CT molecular complexity index is 393. The highest BCUT2D eigenvalue weighted by molar-refractivity contribution is 9.10. The van der Waals surface area contributed by atoms with Crippen molar-refractivity contribution in [3.8, 4) is 11.5 Å². The second-order valence-corrected chi connectivity index (χ2v) is 5.39. The number of carbonyl (C=O) groups is 1. The molecule has 0 saturated carbocycles. The summed E-state index contributed by atoms with van der Waals surface area (Å²) in [7, 11) is 3.34. The summed E-state index contributed by atoms with van der Waals surface area (Å²) < 4.78 is 11.2. The van der Waals surface area contributed by atoms with Crippen LogP contribution in [0.15, 0.2) is 16.6 Å². The van der Waals surface area contributed by atoms with Crippen LogP contribution in [0.1, 0.15) is 17.3 Å². The molecule has 1 unspecified atom stereocenters. The van der Waals surface area contributed by atoms with Crippen LogP contribution in [-0.2, 0) is 0 Å². The fourth-order valence-corrected chi connectivity index (χ4v) is 2.60. The first-order valence-corrected chi connectivity index (χ1v) is 6.84. The molecule has 0 aromatic heterocycles. The van der Waals surface area contributed by atoms with Gasteiger partial charge in [-0.3, -0.25) is 4.79 Å². The Kier molecular flexibility index (Phi) is 5.23. The third kappa shape index (κ3) is 2.74. The van der Waals surface area contributed by atoms with E-state index < -0.39 is 0 Å². The van der Waals surface area contributed by atoms with E-state index >= 15 is 0 Å². The number of hydrogen-bond donors (Lipinski definition) is 0. The first kappa shape index (κ1) is 13.5. The average Bonchev–Trinajstić information content (AvgIpc) is 2.28. The van der Waals surface area contributed by atoms with E-state index in [-0.39, 0.29) is 14.1 Å². The zero-order valence-corrected chi connectivity index (χ0v) is 12.1. The third-order valence-corrected chi connectivity index (χ3v) is 3.61. The van der Waals surface area contributed by atoms with Crippen molar-refractivity contribution in [3.05, 3.63) is 22.2 Å². The number of halogens is 1. The Morgan fingerprint density at radius 1 is 1.38 bits per heavy atom. The van der Waals surface area contributed by atoms with E-state index in [0.717, 1.165) is 10.6 Å². The van der Waals surface area contributed by atoms with Crippen molar-refractivity contribution in [1.29, 1.82) is 0 Å². The fourth-order valence-electron chi connectivity index (χ4n) is 1.37. The standard InChI is InChI=1S/C11H14BrO3P/c1-4-16-11(13)9-8(14-2)6-5-7(12)10(9)15-3/h5-6,16H,4H2,1-3H3. The molecular weight excluding hydrogens is 291 g/mol. The van der Waals surface area contributed by atoms with Gasteiger partial charge in [0.1, 0.15) is 17.1 Å². The summed E-state index contributed by atoms with van der Waals surface area (Å²) in [5.74, 6) is 1.11. The third-order valence-electron chi connectivity index (χ3n) is 2.06. The normalized spacial score (nSPS) is 10.8. The van der Waals surface area contributed by atoms with Gasteiger partial charge in [0.05, 0.1) is 18.7 Å². The van der Waals surface area contributed by atoms with Crippen molar-refractivity contribution < 1.29 is 14.3 Å². The number of hydrogen-bond acceptors (Lipinski definition) is 3. The topological polar surface area (TPSA) is 35.5 Å². The maximum atomic E-state index is 12.0. The van der Waals surface area contributed by atoms with Gasteiger partial charge in [-0.15, -0.1) is 0 Å². The molecule has 1 aromatic carbocycles. The molecule has 1 rings (SSSR count). The first-order chi connectivity index (χ1) is 7.65. The average molecular weight is 305 g/mol. The van der Waals surface area contributed by atoms with Crippen molar-refractivity contribution in [2.75, 3.05) is 20.4 Å². The SMILES string of the molecule is CCPC(=O)c1c(OC)ccc(Br)c1OC. The summed E-state index contributed by atoms with van der Waals surface area (Å²) in [6.45, 7) is 1.98. The molecule has 0 fully saturated rings. The van der Waals surface area contributed by atoms with E-state index in [1.54, 1.807) is 20.3 Å². The Morgan fingerprint density at radius 3 is 2.56 bits per heavy atom. The van der Waals surface area contributed by atoms with Gasteiger partial charge in [0.15, 0.2) is 5.52 Å². The molecule has 0 aliphatic carbocycles. The van der Waals surface area contributed by atoms with Gasteiger partial charge < -0.3 is 9.47 Å². The van der Waals surface area contributed by atoms with Crippen LogP contribution in [0.4, 0.5) is 0 Å². The highest BCUT2D eigenvalue weighted by Crippen LogP contribution is 2.38. The highest BCUT2D eigenvalue weighted by Gasteiger charge is 2.19. The van der Waals surface area contributed by atoms with E-state index in [1.165, 1.54) is 0 Å². The van der Waals surface area contributed by atoms with Crippen molar-refractivity contribution >= 4 is 30.0 Å². The monoisotopic (exact) mass is 304 g/mol. The molecule has 1 atom stereocenters. The summed E-state index contributed by atoms with van der Waals surface area (Å²) in [4.78, 5) is 12.0. The smallest absolute Gasteiger partial charge is 0.188 e. The molecule has 88 valence electrons. The first-order valence-electron chi connectivity index (χ1n) is 4.84. The van der Waals surface area contributed by atoms with Crippen LogP contribution in [0.5, 0.6) is 11.5 Å². The maximum Gasteiger partial charge on any atom is 0.188 e. The van der Waals surface area contributed by atoms with Gasteiger partial charge in [0.25, 0.3) is 0 Å². The quantitative estimate of drug-likeness (QED) is 0.783. The second kappa shape index (κ2) is 6.21. The molecule has 0 amide bonds. The molecule has 0 aliphatic heterocycles. The van der Waals surface area contributed by atoms with Crippen LogP contribution in [0.2, 0.25) is 0 Å². The number of rotatable bonds is 5. The van der Waals surface area contributed by atoms with Gasteiger partial charge in [-0.2, -0.15) is 0 Å². The minimum absolute atomic E-state index is 0.0671. The zero-order chi connectivity index (χ0) is 12.1. The van der Waals surface area contributed by atoms with Crippen LogP contribution in [0.3, 0.4) is 0 Å². The maximum absolute atomic E-state index is 12.0. The number of methoxy groups -OCH3 is 2. The Morgan fingerprint density at radius 2 is 2.06 bits per heavy atom. The predicted octanol–water partition coefficient (Wildman–Crippen LogP) is 3.30. The summed E-state index contributed by atoms with van der Waals surface area (Å²) in [5, 5.41) is 0. The van der Waals surface area contributed by atoms with Gasteiger partial charge in [-0.1, -0.05) is 6.92 Å². The van der Waals surface area contributed by atoms with Crippen LogP contribution in [0, 0.1) is 0 Å². The van der Waals surface area contributed by atoms with Gasteiger partial charge in [0, 0.05) is 0 Å². The minimum atomic E-state index is 0.0671. The van der Waals surface area contributed by atoms with Crippen LogP contribution in [-0.4, -0.2) is 25.9 Å². The van der Waals surface area contributed by atoms with E-state index in [1.807, 2.05) is 13.0 Å². The zero-order valence-electron chi connectivity index (χ0n) is 9.46. The van der Waals surface area contributed by atoms with Gasteiger partial charge in [0.2, 0.25) is 0 Å². The fraction of sp³-hybridized carbons (Fsp3) is 0.364. The van der Waals surface area contributed by atoms with Crippen LogP contribution < -0.4 is 9.47 Å². The van der Waals surface area contributed by atoms with Crippen molar-refractivity contribution in [2.45, 2.75) is 6.92 Å². The van der Waals surface area contributed by atoms with E-state index in [0.29, 0.717) is 17.1 Å². The van der Waals surface area contributed by atoms with E-state index in [9.17, 15) is 4.79 Å². The Balaban J connectivity index is 3.30. The number of ether oxygens (including phenoxy) is 2. The summed E-state index contributed by atoms with van der Waals surface area (Å²) >= 11 is 3.36. The van der Waals surface area contributed by atoms with E-state index in [4.69, 9.17) is 9.47 Å². The van der Waals surface area contributed by atoms with E-state index in [2.05, 4.69) is 15.9 Å². The lowest BCUT2D eigenvalue weighted by Crippen LogP contribution is -2.01. The molecule has 0 spiro atoms. The van der Waals surface area contributed by atoms with Crippen molar-refractivity contribution in [1.82, 2.24) is 0 Å². The molecular formula is C11H14BrO3P. The van der Waals surface area contributed by atoms with Crippen molar-refractivity contribution in [2.24, 2.45) is 0 Å². The van der Waals surface area contributed by atoms with Crippen molar-refractivity contribution in [3.63, 3.8) is 0 Å². The molecule has 0 radical (unpaired) electrons. The molecule has 1 aromatic rings. The molecule has 0 heterocycles. The van der Waals surface area contributed by atoms with Gasteiger partial charge in [-0.25, -0.2) is 0 Å². The Labute approximate surface area is 105 Å². The van der Waals surface area contributed by atoms with Gasteiger partial charge in [-0.05, 0) is 42.8 Å². The second-order valence-electron chi connectivity index (χ2n) is 3.02. The number of carbonyl (C=O) groups excluding carboxylic acids is 1. The minimum Gasteiger partial charge on any atom is -0.496 e. The van der Waals surface area contributed by atoms with Crippen LogP contribution in [0.25, 0.3) is 0 Å². The van der Waals surface area contributed by atoms with Crippen LogP contribution >= 0.6 is 24.5 Å². The number of benzene rings is 1. The lowest BCUT2D eigenvalue weighted by Gasteiger charge is -2.13. The predicted molar refractivity (Wildman–Crippen MR) is 70.4 cm³/mol. The lowest BCUT2D eigenvalue weighted by atomic mass is 10.2. The molecule has 0 bridgehead atoms. The molecule has 16 heavy (non-hydrogen) atoms. The Hall–Kier alpha value is -0.600. The lowest BCUT2D eigenvalue weighted by molar-refractivity contribution is 0.107. The summed E-state index contributed by atoms with van der Waals surface area (Å²) in [5.41, 5.74) is 0.594. The molecule has 0 aliphatic rings. The molecule has 0 saturated heterocycles. The summed E-state index contributed by atoms with van der Waals surface area (Å²) in [6.07, 6.45) is 0.831. The summed E-state index contributed by atoms with van der Waals surface area (Å²) in [6, 6.07) is 3.57. The molecule has 3 nitrogen and oxygen atoms in total. The molecule has 5 heteroatoms. The highest BCUT2D eigenvalue weighted by atomic mass is 79.9. The largest absolute Gasteiger partial charge is 0.496 e. The van der Waals surface area contributed by atoms with Gasteiger partial charge >= 0.3 is 0 Å². The molecule has 0 N–H and O–H groups in total.